The fourth-order valence-electron chi connectivity index (χ4n) is 1.61. The summed E-state index contributed by atoms with van der Waals surface area (Å²) in [5.74, 6) is 2.05. The van der Waals surface area contributed by atoms with E-state index in [0.717, 1.165) is 17.9 Å². The van der Waals surface area contributed by atoms with Gasteiger partial charge in [0.25, 0.3) is 0 Å². The van der Waals surface area contributed by atoms with Crippen LogP contribution in [0.2, 0.25) is 0 Å². The van der Waals surface area contributed by atoms with Crippen molar-refractivity contribution in [2.24, 2.45) is 0 Å². The van der Waals surface area contributed by atoms with E-state index in [9.17, 15) is 0 Å². The third kappa shape index (κ3) is 2.60. The zero-order valence-corrected chi connectivity index (χ0v) is 9.66. The molecule has 0 unspecified atom stereocenters. The number of ether oxygens (including phenoxy) is 3. The van der Waals surface area contributed by atoms with E-state index in [1.54, 1.807) is 6.07 Å². The van der Waals surface area contributed by atoms with Crippen LogP contribution in [0, 0.1) is 11.3 Å². The molecule has 0 aliphatic carbocycles. The predicted molar refractivity (Wildman–Crippen MR) is 61.1 cm³/mol. The van der Waals surface area contributed by atoms with Gasteiger partial charge in [0.2, 0.25) is 6.79 Å². The molecule has 1 aliphatic heterocycles. The molecule has 90 valence electrons. The van der Waals surface area contributed by atoms with E-state index in [1.807, 2.05) is 19.1 Å². The summed E-state index contributed by atoms with van der Waals surface area (Å²) in [5, 5.41) is 11.8. The highest BCUT2D eigenvalue weighted by Gasteiger charge is 2.17. The average molecular weight is 234 g/mol. The highest BCUT2D eigenvalue weighted by Crippen LogP contribution is 2.38. The Kier molecular flexibility index (Phi) is 3.68. The monoisotopic (exact) mass is 234 g/mol. The molecule has 1 aromatic carbocycles. The summed E-state index contributed by atoms with van der Waals surface area (Å²) in [6, 6.07) is 5.61. The topological polar surface area (TPSA) is 63.5 Å². The first-order chi connectivity index (χ1) is 8.35. The van der Waals surface area contributed by atoms with Gasteiger partial charge >= 0.3 is 0 Å². The van der Waals surface area contributed by atoms with E-state index in [0.29, 0.717) is 18.0 Å². The van der Waals surface area contributed by atoms with Crippen molar-refractivity contribution >= 4 is 0 Å². The molecule has 0 spiro atoms. The second kappa shape index (κ2) is 5.41. The van der Waals surface area contributed by atoms with Crippen molar-refractivity contribution in [2.75, 3.05) is 19.9 Å². The number of rotatable bonds is 5. The third-order valence-electron chi connectivity index (χ3n) is 2.41. The molecule has 0 bridgehead atoms. The van der Waals surface area contributed by atoms with Crippen LogP contribution in [0.3, 0.4) is 0 Å². The van der Waals surface area contributed by atoms with Crippen LogP contribution in [-0.2, 0) is 6.54 Å². The summed E-state index contributed by atoms with van der Waals surface area (Å²) in [7, 11) is 0. The zero-order valence-electron chi connectivity index (χ0n) is 9.66. The lowest BCUT2D eigenvalue weighted by molar-refractivity contribution is 0.174. The highest BCUT2D eigenvalue weighted by atomic mass is 16.7. The number of hydrogen-bond acceptors (Lipinski definition) is 5. The molecule has 0 fully saturated rings. The molecule has 0 saturated heterocycles. The van der Waals surface area contributed by atoms with Gasteiger partial charge in [-0.15, -0.1) is 0 Å². The van der Waals surface area contributed by atoms with Crippen LogP contribution in [-0.4, -0.2) is 19.9 Å². The smallest absolute Gasteiger partial charge is 0.231 e. The van der Waals surface area contributed by atoms with E-state index in [2.05, 4.69) is 5.32 Å². The lowest BCUT2D eigenvalue weighted by Gasteiger charge is -2.10. The first kappa shape index (κ1) is 11.6. The minimum atomic E-state index is 0.0266. The summed E-state index contributed by atoms with van der Waals surface area (Å²) < 4.78 is 16.0. The van der Waals surface area contributed by atoms with E-state index in [1.165, 1.54) is 0 Å². The SMILES string of the molecule is CCNCc1cc2c(cc1OCC#N)OCO2. The average Bonchev–Trinajstić information content (AvgIpc) is 2.80. The standard InChI is InChI=1S/C12H14N2O3/c1-2-14-7-9-5-11-12(17-8-16-11)6-10(9)15-4-3-13/h5-6,14H,2,4,7-8H2,1H3. The molecule has 0 amide bonds. The van der Waals surface area contributed by atoms with Gasteiger partial charge in [0, 0.05) is 18.2 Å². The second-order valence-electron chi connectivity index (χ2n) is 3.54. The Hall–Kier alpha value is -1.93. The van der Waals surface area contributed by atoms with Gasteiger partial charge in [0.05, 0.1) is 0 Å². The molecule has 17 heavy (non-hydrogen) atoms. The van der Waals surface area contributed by atoms with Crippen LogP contribution < -0.4 is 19.5 Å². The van der Waals surface area contributed by atoms with Crippen molar-refractivity contribution in [2.45, 2.75) is 13.5 Å². The van der Waals surface area contributed by atoms with Crippen LogP contribution in [0.4, 0.5) is 0 Å². The number of fused-ring (bicyclic) bond motifs is 1. The molecule has 1 N–H and O–H groups in total. The van der Waals surface area contributed by atoms with Gasteiger partial charge in [-0.3, -0.25) is 0 Å². The van der Waals surface area contributed by atoms with Gasteiger partial charge in [-0.25, -0.2) is 0 Å². The van der Waals surface area contributed by atoms with E-state index in [4.69, 9.17) is 19.5 Å². The summed E-state index contributed by atoms with van der Waals surface area (Å²) in [6.45, 7) is 3.83. The number of hydrogen-bond donors (Lipinski definition) is 1. The van der Waals surface area contributed by atoms with Crippen LogP contribution in [0.5, 0.6) is 17.2 Å². The lowest BCUT2D eigenvalue weighted by Crippen LogP contribution is -2.13. The molecule has 5 heteroatoms. The van der Waals surface area contributed by atoms with Crippen molar-refractivity contribution in [1.82, 2.24) is 5.32 Å². The van der Waals surface area contributed by atoms with Crippen molar-refractivity contribution in [3.63, 3.8) is 0 Å². The Balaban J connectivity index is 2.23. The maximum atomic E-state index is 8.54. The highest BCUT2D eigenvalue weighted by molar-refractivity contribution is 5.51. The molecule has 1 aliphatic rings. The maximum absolute atomic E-state index is 8.54. The zero-order chi connectivity index (χ0) is 12.1. The van der Waals surface area contributed by atoms with Gasteiger partial charge < -0.3 is 19.5 Å². The van der Waals surface area contributed by atoms with Gasteiger partial charge in [-0.2, -0.15) is 5.26 Å². The predicted octanol–water partition coefficient (Wildman–Crippen LogP) is 1.43. The lowest BCUT2D eigenvalue weighted by atomic mass is 10.1. The first-order valence-corrected chi connectivity index (χ1v) is 5.48. The van der Waals surface area contributed by atoms with Crippen LogP contribution in [0.25, 0.3) is 0 Å². The van der Waals surface area contributed by atoms with Crippen molar-refractivity contribution < 1.29 is 14.2 Å². The fourth-order valence-corrected chi connectivity index (χ4v) is 1.61. The Labute approximate surface area is 99.9 Å². The van der Waals surface area contributed by atoms with Crippen LogP contribution in [0.1, 0.15) is 12.5 Å². The van der Waals surface area contributed by atoms with Gasteiger partial charge in [0.15, 0.2) is 18.1 Å². The van der Waals surface area contributed by atoms with Crippen molar-refractivity contribution in [3.05, 3.63) is 17.7 Å². The summed E-state index contributed by atoms with van der Waals surface area (Å²) in [4.78, 5) is 0. The number of nitriles is 1. The molecular weight excluding hydrogens is 220 g/mol. The number of nitrogens with one attached hydrogen (secondary N) is 1. The largest absolute Gasteiger partial charge is 0.478 e. The van der Waals surface area contributed by atoms with Crippen LogP contribution >= 0.6 is 0 Å². The van der Waals surface area contributed by atoms with Gasteiger partial charge in [0.1, 0.15) is 11.8 Å². The number of nitrogens with zero attached hydrogens (tertiary/aromatic N) is 1. The summed E-state index contributed by atoms with van der Waals surface area (Å²) in [6.07, 6.45) is 0. The summed E-state index contributed by atoms with van der Waals surface area (Å²) >= 11 is 0. The first-order valence-electron chi connectivity index (χ1n) is 5.48. The Morgan fingerprint density at radius 1 is 1.41 bits per heavy atom. The minimum Gasteiger partial charge on any atom is -0.478 e. The third-order valence-corrected chi connectivity index (χ3v) is 2.41. The molecule has 2 rings (SSSR count). The fraction of sp³-hybridized carbons (Fsp3) is 0.417. The van der Waals surface area contributed by atoms with Crippen molar-refractivity contribution in [1.29, 1.82) is 5.26 Å². The quantitative estimate of drug-likeness (QED) is 0.834. The normalized spacial score (nSPS) is 12.2. The molecule has 0 saturated carbocycles. The van der Waals surface area contributed by atoms with E-state index >= 15 is 0 Å². The van der Waals surface area contributed by atoms with E-state index < -0.39 is 0 Å². The Morgan fingerprint density at radius 3 is 2.88 bits per heavy atom. The molecule has 0 radical (unpaired) electrons. The van der Waals surface area contributed by atoms with Crippen LogP contribution in [0.15, 0.2) is 12.1 Å². The maximum Gasteiger partial charge on any atom is 0.231 e. The minimum absolute atomic E-state index is 0.0266. The van der Waals surface area contributed by atoms with Gasteiger partial charge in [-0.1, -0.05) is 6.92 Å². The Bertz CT molecular complexity index is 440. The molecule has 0 atom stereocenters. The number of benzene rings is 1. The molecule has 0 aromatic heterocycles. The van der Waals surface area contributed by atoms with E-state index in [-0.39, 0.29) is 13.4 Å². The summed E-state index contributed by atoms with van der Waals surface area (Å²) in [5.41, 5.74) is 0.964. The molecule has 1 heterocycles. The van der Waals surface area contributed by atoms with Gasteiger partial charge in [-0.05, 0) is 12.6 Å². The van der Waals surface area contributed by atoms with Crippen molar-refractivity contribution in [3.8, 4) is 23.3 Å². The molecule has 5 nitrogen and oxygen atoms in total. The molecule has 1 aromatic rings. The second-order valence-corrected chi connectivity index (χ2v) is 3.54. The molecular formula is C12H14N2O3. The Morgan fingerprint density at radius 2 is 2.18 bits per heavy atom.